The van der Waals surface area contributed by atoms with E-state index in [1.165, 1.54) is 24.9 Å². The Morgan fingerprint density at radius 1 is 0.897 bits per heavy atom. The SMILES string of the molecule is O=S(=O)(c1ccccc1)C1(CCCCN2CCCC(c3ccccc3)C2)CCC1. The Morgan fingerprint density at radius 2 is 1.59 bits per heavy atom. The molecule has 0 spiro atoms. The first-order valence-corrected chi connectivity index (χ1v) is 12.7. The molecule has 0 N–H and O–H groups in total. The summed E-state index contributed by atoms with van der Waals surface area (Å²) in [6.45, 7) is 3.40. The van der Waals surface area contributed by atoms with E-state index in [4.69, 9.17) is 0 Å². The molecule has 1 aliphatic carbocycles. The minimum Gasteiger partial charge on any atom is -0.303 e. The highest BCUT2D eigenvalue weighted by molar-refractivity contribution is 7.93. The van der Waals surface area contributed by atoms with E-state index < -0.39 is 14.6 Å². The molecule has 3 nitrogen and oxygen atoms in total. The first-order chi connectivity index (χ1) is 14.1. The van der Waals surface area contributed by atoms with Gasteiger partial charge in [0.2, 0.25) is 0 Å². The Morgan fingerprint density at radius 3 is 2.24 bits per heavy atom. The summed E-state index contributed by atoms with van der Waals surface area (Å²) in [5.41, 5.74) is 1.46. The van der Waals surface area contributed by atoms with Gasteiger partial charge in [-0.1, -0.05) is 61.4 Å². The Labute approximate surface area is 176 Å². The third-order valence-electron chi connectivity index (χ3n) is 7.02. The molecule has 4 rings (SSSR count). The minimum atomic E-state index is -3.23. The van der Waals surface area contributed by atoms with Gasteiger partial charge in [-0.15, -0.1) is 0 Å². The highest BCUT2D eigenvalue weighted by Crippen LogP contribution is 2.46. The molecule has 2 fully saturated rings. The second-order valence-corrected chi connectivity index (χ2v) is 11.2. The highest BCUT2D eigenvalue weighted by Gasteiger charge is 2.48. The van der Waals surface area contributed by atoms with Gasteiger partial charge in [0.15, 0.2) is 9.84 Å². The van der Waals surface area contributed by atoms with Crippen LogP contribution in [0.5, 0.6) is 0 Å². The van der Waals surface area contributed by atoms with Gasteiger partial charge in [-0.2, -0.15) is 0 Å². The zero-order chi connectivity index (χ0) is 20.2. The predicted molar refractivity (Wildman–Crippen MR) is 119 cm³/mol. The Balaban J connectivity index is 1.29. The van der Waals surface area contributed by atoms with Gasteiger partial charge in [0.25, 0.3) is 0 Å². The smallest absolute Gasteiger partial charge is 0.184 e. The Hall–Kier alpha value is -1.65. The highest BCUT2D eigenvalue weighted by atomic mass is 32.2. The molecule has 0 aromatic heterocycles. The molecule has 2 aromatic carbocycles. The normalized spacial score (nSPS) is 22.1. The molecular formula is C25H33NO2S. The van der Waals surface area contributed by atoms with Gasteiger partial charge < -0.3 is 4.90 Å². The Bertz CT molecular complexity index is 876. The van der Waals surface area contributed by atoms with Crippen LogP contribution in [0.25, 0.3) is 0 Å². The summed E-state index contributed by atoms with van der Waals surface area (Å²) >= 11 is 0. The van der Waals surface area contributed by atoms with Crippen molar-refractivity contribution in [3.8, 4) is 0 Å². The van der Waals surface area contributed by atoms with Crippen molar-refractivity contribution in [1.82, 2.24) is 4.90 Å². The van der Waals surface area contributed by atoms with E-state index >= 15 is 0 Å². The first-order valence-electron chi connectivity index (χ1n) is 11.2. The van der Waals surface area contributed by atoms with Crippen LogP contribution in [0.1, 0.15) is 62.8 Å². The monoisotopic (exact) mass is 411 g/mol. The molecule has 2 aromatic rings. The van der Waals surface area contributed by atoms with Crippen LogP contribution >= 0.6 is 0 Å². The van der Waals surface area contributed by atoms with Crippen molar-refractivity contribution < 1.29 is 8.42 Å². The second kappa shape index (κ2) is 9.01. The number of rotatable bonds is 8. The van der Waals surface area contributed by atoms with Gasteiger partial charge in [0.1, 0.15) is 0 Å². The summed E-state index contributed by atoms with van der Waals surface area (Å²) in [6.07, 6.45) is 8.11. The average molecular weight is 412 g/mol. The quantitative estimate of drug-likeness (QED) is 0.543. The number of unbranched alkanes of at least 4 members (excludes halogenated alkanes) is 1. The lowest BCUT2D eigenvalue weighted by Gasteiger charge is -2.41. The lowest BCUT2D eigenvalue weighted by atomic mass is 9.80. The van der Waals surface area contributed by atoms with Crippen molar-refractivity contribution in [3.63, 3.8) is 0 Å². The topological polar surface area (TPSA) is 37.4 Å². The molecule has 156 valence electrons. The molecule has 0 radical (unpaired) electrons. The summed E-state index contributed by atoms with van der Waals surface area (Å²) in [4.78, 5) is 3.08. The van der Waals surface area contributed by atoms with E-state index in [-0.39, 0.29) is 0 Å². The number of benzene rings is 2. The van der Waals surface area contributed by atoms with Gasteiger partial charge in [-0.05, 0) is 75.2 Å². The van der Waals surface area contributed by atoms with Crippen molar-refractivity contribution >= 4 is 9.84 Å². The number of hydrogen-bond donors (Lipinski definition) is 0. The molecule has 0 bridgehead atoms. The van der Waals surface area contributed by atoms with Crippen molar-refractivity contribution in [2.24, 2.45) is 0 Å². The maximum Gasteiger partial charge on any atom is 0.184 e. The largest absolute Gasteiger partial charge is 0.303 e. The zero-order valence-corrected chi connectivity index (χ0v) is 18.1. The lowest BCUT2D eigenvalue weighted by Crippen LogP contribution is -2.45. The van der Waals surface area contributed by atoms with Crippen LogP contribution in [0.2, 0.25) is 0 Å². The van der Waals surface area contributed by atoms with Gasteiger partial charge >= 0.3 is 0 Å². The van der Waals surface area contributed by atoms with Crippen LogP contribution in [0.3, 0.4) is 0 Å². The average Bonchev–Trinajstić information content (AvgIpc) is 2.74. The van der Waals surface area contributed by atoms with Crippen molar-refractivity contribution in [2.45, 2.75) is 66.9 Å². The van der Waals surface area contributed by atoms with Crippen LogP contribution in [0, 0.1) is 0 Å². The molecule has 2 aliphatic rings. The van der Waals surface area contributed by atoms with Crippen molar-refractivity contribution in [1.29, 1.82) is 0 Å². The third kappa shape index (κ3) is 4.44. The molecule has 29 heavy (non-hydrogen) atoms. The molecule has 1 atom stereocenters. The second-order valence-electron chi connectivity index (χ2n) is 8.86. The van der Waals surface area contributed by atoms with Gasteiger partial charge in [-0.25, -0.2) is 8.42 Å². The van der Waals surface area contributed by atoms with E-state index in [2.05, 4.69) is 35.2 Å². The van der Waals surface area contributed by atoms with Crippen LogP contribution in [-0.4, -0.2) is 37.7 Å². The molecule has 1 saturated carbocycles. The van der Waals surface area contributed by atoms with E-state index in [1.54, 1.807) is 12.1 Å². The summed E-state index contributed by atoms with van der Waals surface area (Å²) in [5, 5.41) is 0. The molecule has 1 heterocycles. The standard InChI is InChI=1S/C25H33NO2S/c27-29(28,24-14-5-2-6-15-24)25(17-10-18-25)16-7-8-19-26-20-9-13-23(21-26)22-11-3-1-4-12-22/h1-6,11-12,14-15,23H,7-10,13,16-21H2. The van der Waals surface area contributed by atoms with Crippen LogP contribution in [0.4, 0.5) is 0 Å². The van der Waals surface area contributed by atoms with Crippen molar-refractivity contribution in [3.05, 3.63) is 66.2 Å². The van der Waals surface area contributed by atoms with Gasteiger partial charge in [0.05, 0.1) is 9.64 Å². The summed E-state index contributed by atoms with van der Waals surface area (Å²) in [7, 11) is -3.23. The van der Waals surface area contributed by atoms with Crippen LogP contribution in [-0.2, 0) is 9.84 Å². The molecule has 1 saturated heterocycles. The predicted octanol–water partition coefficient (Wildman–Crippen LogP) is 5.43. The summed E-state index contributed by atoms with van der Waals surface area (Å²) in [5.74, 6) is 0.640. The lowest BCUT2D eigenvalue weighted by molar-refractivity contribution is 0.200. The molecular weight excluding hydrogens is 378 g/mol. The molecule has 0 amide bonds. The third-order valence-corrected chi connectivity index (χ3v) is 9.67. The Kier molecular flexibility index (Phi) is 6.41. The van der Waals surface area contributed by atoms with Crippen LogP contribution in [0.15, 0.2) is 65.6 Å². The number of nitrogens with zero attached hydrogens (tertiary/aromatic N) is 1. The summed E-state index contributed by atoms with van der Waals surface area (Å²) < 4.78 is 25.9. The van der Waals surface area contributed by atoms with E-state index in [9.17, 15) is 8.42 Å². The van der Waals surface area contributed by atoms with Gasteiger partial charge in [-0.3, -0.25) is 0 Å². The number of sulfone groups is 1. The zero-order valence-electron chi connectivity index (χ0n) is 17.3. The number of piperidine rings is 1. The number of hydrogen-bond acceptors (Lipinski definition) is 3. The fraction of sp³-hybridized carbons (Fsp3) is 0.520. The van der Waals surface area contributed by atoms with Crippen LogP contribution < -0.4 is 0 Å². The fourth-order valence-corrected chi connectivity index (χ4v) is 7.37. The molecule has 4 heteroatoms. The summed E-state index contributed by atoms with van der Waals surface area (Å²) in [6, 6.07) is 19.9. The van der Waals surface area contributed by atoms with E-state index in [0.29, 0.717) is 10.8 Å². The van der Waals surface area contributed by atoms with Gasteiger partial charge in [0, 0.05) is 6.54 Å². The van der Waals surface area contributed by atoms with E-state index in [0.717, 1.165) is 51.6 Å². The fourth-order valence-electron chi connectivity index (χ4n) is 5.11. The molecule has 1 aliphatic heterocycles. The number of likely N-dealkylation sites (tertiary alicyclic amines) is 1. The maximum atomic E-state index is 13.2. The first kappa shape index (κ1) is 20.6. The maximum absolute atomic E-state index is 13.2. The van der Waals surface area contributed by atoms with E-state index in [1.807, 2.05) is 18.2 Å². The van der Waals surface area contributed by atoms with Crippen molar-refractivity contribution in [2.75, 3.05) is 19.6 Å². The minimum absolute atomic E-state index is 0.501. The molecule has 1 unspecified atom stereocenters.